The van der Waals surface area contributed by atoms with Gasteiger partial charge in [0.05, 0.1) is 18.3 Å². The molecule has 0 aliphatic carbocycles. The number of halogens is 1. The van der Waals surface area contributed by atoms with Crippen molar-refractivity contribution < 1.29 is 4.79 Å². The highest BCUT2D eigenvalue weighted by atomic mass is 35.5. The molecule has 1 heterocycles. The maximum atomic E-state index is 12.0. The minimum atomic E-state index is -0.696. The summed E-state index contributed by atoms with van der Waals surface area (Å²) in [4.78, 5) is 15.2. The number of carbonyl (C=O) groups is 1. The molecule has 17 heavy (non-hydrogen) atoms. The third-order valence-electron chi connectivity index (χ3n) is 2.73. The molecule has 1 atom stereocenters. The van der Waals surface area contributed by atoms with Crippen molar-refractivity contribution in [1.82, 2.24) is 4.90 Å². The number of alkyl halides is 1. The normalized spacial score (nSPS) is 16.4. The van der Waals surface area contributed by atoms with Gasteiger partial charge in [0.2, 0.25) is 0 Å². The molecule has 0 bridgehead atoms. The van der Waals surface area contributed by atoms with E-state index in [1.165, 1.54) is 0 Å². The van der Waals surface area contributed by atoms with E-state index in [1.807, 2.05) is 30.3 Å². The maximum absolute atomic E-state index is 12.0. The molecule has 0 saturated heterocycles. The van der Waals surface area contributed by atoms with Gasteiger partial charge in [-0.05, 0) is 11.6 Å². The van der Waals surface area contributed by atoms with Gasteiger partial charge in [0.25, 0.3) is 0 Å². The molecule has 0 radical (unpaired) electrons. The topological polar surface area (TPSA) is 47.3 Å². The van der Waals surface area contributed by atoms with Gasteiger partial charge in [0.15, 0.2) is 0 Å². The van der Waals surface area contributed by atoms with Crippen LogP contribution in [0.25, 0.3) is 0 Å². The second-order valence-corrected chi connectivity index (χ2v) is 4.50. The molecule has 1 aromatic rings. The Bertz CT molecular complexity index is 483. The molecular weight excluding hydrogens is 238 g/mol. The van der Waals surface area contributed by atoms with E-state index in [0.29, 0.717) is 6.54 Å². The summed E-state index contributed by atoms with van der Waals surface area (Å²) in [5.74, 6) is 0. The number of nitriles is 1. The fourth-order valence-corrected chi connectivity index (χ4v) is 2.06. The molecule has 0 N–H and O–H groups in total. The highest BCUT2D eigenvalue weighted by Gasteiger charge is 2.28. The van der Waals surface area contributed by atoms with E-state index >= 15 is 0 Å². The van der Waals surface area contributed by atoms with Crippen molar-refractivity contribution in [2.24, 2.45) is 0 Å². The minimum absolute atomic E-state index is 0.121. The number of carbonyl (C=O) groups excluding carboxylic acids is 1. The second kappa shape index (κ2) is 4.64. The van der Waals surface area contributed by atoms with Crippen LogP contribution in [0.15, 0.2) is 24.3 Å². The monoisotopic (exact) mass is 249 g/mol. The van der Waals surface area contributed by atoms with E-state index in [2.05, 4.69) is 0 Å². The lowest BCUT2D eigenvalue weighted by atomic mass is 10.1. The molecule has 0 aromatic heterocycles. The van der Waals surface area contributed by atoms with Gasteiger partial charge in [-0.25, -0.2) is 4.79 Å². The predicted octanol–water partition coefficient (Wildman–Crippen LogP) is 2.19. The quantitative estimate of drug-likeness (QED) is 0.755. The number of hydrogen-bond acceptors (Lipinski definition) is 2. The molecule has 88 valence electrons. The molecule has 2 rings (SSSR count). The van der Waals surface area contributed by atoms with Crippen molar-refractivity contribution >= 4 is 23.3 Å². The van der Waals surface area contributed by atoms with Gasteiger partial charge in [-0.1, -0.05) is 18.2 Å². The zero-order chi connectivity index (χ0) is 12.4. The molecule has 1 unspecified atom stereocenters. The molecule has 4 nitrogen and oxygen atoms in total. The van der Waals surface area contributed by atoms with Crippen LogP contribution in [0, 0.1) is 11.3 Å². The van der Waals surface area contributed by atoms with Crippen LogP contribution >= 0.6 is 11.6 Å². The Hall–Kier alpha value is -1.73. The molecular formula is C12H12ClN3O. The number of nitrogens with zero attached hydrogens (tertiary/aromatic N) is 3. The number of anilines is 1. The number of amides is 2. The van der Waals surface area contributed by atoms with Gasteiger partial charge in [0.1, 0.15) is 5.38 Å². The highest BCUT2D eigenvalue weighted by molar-refractivity contribution is 6.23. The third-order valence-corrected chi connectivity index (χ3v) is 2.97. The number of para-hydroxylation sites is 1. The smallest absolute Gasteiger partial charge is 0.323 e. The lowest BCUT2D eigenvalue weighted by Crippen LogP contribution is -2.47. The summed E-state index contributed by atoms with van der Waals surface area (Å²) < 4.78 is 0. The number of hydrogen-bond donors (Lipinski definition) is 0. The molecule has 0 saturated carbocycles. The van der Waals surface area contributed by atoms with Crippen LogP contribution in [0.2, 0.25) is 0 Å². The van der Waals surface area contributed by atoms with Crippen molar-refractivity contribution in [3.05, 3.63) is 29.8 Å². The fraction of sp³-hybridized carbons (Fsp3) is 0.333. The molecule has 1 aliphatic rings. The van der Waals surface area contributed by atoms with Gasteiger partial charge in [-0.2, -0.15) is 5.26 Å². The van der Waals surface area contributed by atoms with E-state index in [4.69, 9.17) is 16.9 Å². The lowest BCUT2D eigenvalue weighted by Gasteiger charge is -2.35. The van der Waals surface area contributed by atoms with Gasteiger partial charge >= 0.3 is 6.03 Å². The van der Waals surface area contributed by atoms with Crippen molar-refractivity contribution in [2.75, 3.05) is 18.5 Å². The number of urea groups is 1. The Kier molecular flexibility index (Phi) is 3.21. The fourth-order valence-electron chi connectivity index (χ4n) is 1.92. The van der Waals surface area contributed by atoms with E-state index in [9.17, 15) is 4.79 Å². The molecule has 2 amide bonds. The van der Waals surface area contributed by atoms with Crippen molar-refractivity contribution in [2.45, 2.75) is 11.9 Å². The van der Waals surface area contributed by atoms with Gasteiger partial charge in [-0.15, -0.1) is 11.6 Å². The average molecular weight is 250 g/mol. The molecule has 5 heteroatoms. The predicted molar refractivity (Wildman–Crippen MR) is 65.9 cm³/mol. The Morgan fingerprint density at radius 2 is 2.24 bits per heavy atom. The van der Waals surface area contributed by atoms with Crippen LogP contribution in [-0.2, 0) is 6.54 Å². The van der Waals surface area contributed by atoms with Gasteiger partial charge in [0, 0.05) is 13.6 Å². The van der Waals surface area contributed by atoms with Crippen LogP contribution in [0.1, 0.15) is 5.56 Å². The van der Waals surface area contributed by atoms with Crippen molar-refractivity contribution in [1.29, 1.82) is 5.26 Å². The summed E-state index contributed by atoms with van der Waals surface area (Å²) in [5, 5.41) is 8.04. The van der Waals surface area contributed by atoms with E-state index in [0.717, 1.165) is 11.3 Å². The van der Waals surface area contributed by atoms with Crippen molar-refractivity contribution in [3.63, 3.8) is 0 Å². The van der Waals surface area contributed by atoms with Crippen LogP contribution in [0.4, 0.5) is 10.5 Å². The Balaban J connectivity index is 2.36. The maximum Gasteiger partial charge on any atom is 0.324 e. The molecule has 1 aromatic carbocycles. The molecule has 1 aliphatic heterocycles. The SMILES string of the molecule is CN1Cc2ccccc2N(CC(Cl)C#N)C1=O. The Morgan fingerprint density at radius 1 is 1.53 bits per heavy atom. The van der Waals surface area contributed by atoms with Crippen LogP contribution in [-0.4, -0.2) is 29.9 Å². The molecule has 0 fully saturated rings. The Morgan fingerprint density at radius 3 is 2.94 bits per heavy atom. The first-order chi connectivity index (χ1) is 8.13. The first-order valence-electron chi connectivity index (χ1n) is 5.27. The van der Waals surface area contributed by atoms with Gasteiger partial charge in [-0.3, -0.25) is 4.90 Å². The summed E-state index contributed by atoms with van der Waals surface area (Å²) in [6, 6.07) is 9.47. The average Bonchev–Trinajstić information content (AvgIpc) is 2.34. The summed E-state index contributed by atoms with van der Waals surface area (Å²) in [7, 11) is 1.74. The van der Waals surface area contributed by atoms with Crippen molar-refractivity contribution in [3.8, 4) is 6.07 Å². The Labute approximate surface area is 105 Å². The van der Waals surface area contributed by atoms with E-state index in [1.54, 1.807) is 16.8 Å². The third kappa shape index (κ3) is 2.20. The second-order valence-electron chi connectivity index (χ2n) is 3.97. The number of rotatable bonds is 2. The highest BCUT2D eigenvalue weighted by Crippen LogP contribution is 2.28. The zero-order valence-electron chi connectivity index (χ0n) is 9.43. The standard InChI is InChI=1S/C12H12ClN3O/c1-15-7-9-4-2-3-5-11(9)16(12(15)17)8-10(13)6-14/h2-5,10H,7-8H2,1H3. The zero-order valence-corrected chi connectivity index (χ0v) is 10.2. The minimum Gasteiger partial charge on any atom is -0.323 e. The van der Waals surface area contributed by atoms with Crippen LogP contribution < -0.4 is 4.90 Å². The summed E-state index contributed by atoms with van der Waals surface area (Å²) >= 11 is 5.80. The summed E-state index contributed by atoms with van der Waals surface area (Å²) in [6.07, 6.45) is 0. The van der Waals surface area contributed by atoms with Crippen LogP contribution in [0.3, 0.4) is 0 Å². The van der Waals surface area contributed by atoms with E-state index in [-0.39, 0.29) is 12.6 Å². The first-order valence-corrected chi connectivity index (χ1v) is 5.71. The lowest BCUT2D eigenvalue weighted by molar-refractivity contribution is 0.210. The van der Waals surface area contributed by atoms with Crippen LogP contribution in [0.5, 0.6) is 0 Å². The summed E-state index contributed by atoms with van der Waals surface area (Å²) in [5.41, 5.74) is 1.91. The molecule has 0 spiro atoms. The first kappa shape index (κ1) is 11.7. The van der Waals surface area contributed by atoms with Gasteiger partial charge < -0.3 is 4.90 Å². The summed E-state index contributed by atoms with van der Waals surface area (Å²) in [6.45, 7) is 0.795. The number of benzene rings is 1. The van der Waals surface area contributed by atoms with E-state index < -0.39 is 5.38 Å². The largest absolute Gasteiger partial charge is 0.324 e. The number of fused-ring (bicyclic) bond motifs is 1.